The highest BCUT2D eigenvalue weighted by molar-refractivity contribution is 7.92. The Morgan fingerprint density at radius 2 is 1.92 bits per heavy atom. The number of rotatable bonds is 6. The van der Waals surface area contributed by atoms with Crippen LogP contribution in [0.4, 0.5) is 0 Å². The highest BCUT2D eigenvalue weighted by atomic mass is 32.2. The molecule has 1 unspecified atom stereocenters. The summed E-state index contributed by atoms with van der Waals surface area (Å²) in [5.41, 5.74) is 0. The van der Waals surface area contributed by atoms with E-state index in [1.54, 1.807) is 13.8 Å². The van der Waals surface area contributed by atoms with E-state index >= 15 is 0 Å². The molecule has 0 rings (SSSR count). The standard InChI is InChI=1S/C8H19NO2S/c1-4-6-9-7-8(3)12(10,11)5-2/h8-9H,4-7H2,1-3H3. The first kappa shape index (κ1) is 11.9. The molecular formula is C8H19NO2S. The Morgan fingerprint density at radius 1 is 1.33 bits per heavy atom. The molecule has 0 spiro atoms. The number of sulfone groups is 1. The zero-order valence-electron chi connectivity index (χ0n) is 8.13. The van der Waals surface area contributed by atoms with Crippen molar-refractivity contribution < 1.29 is 8.42 Å². The third-order valence-electron chi connectivity index (χ3n) is 1.87. The molecule has 0 radical (unpaired) electrons. The van der Waals surface area contributed by atoms with Crippen LogP contribution < -0.4 is 5.32 Å². The molecule has 0 aliphatic rings. The van der Waals surface area contributed by atoms with E-state index in [4.69, 9.17) is 0 Å². The molecule has 0 aromatic heterocycles. The van der Waals surface area contributed by atoms with Crippen LogP contribution in [0.5, 0.6) is 0 Å². The van der Waals surface area contributed by atoms with E-state index in [0.29, 0.717) is 6.54 Å². The fourth-order valence-electron chi connectivity index (χ4n) is 0.894. The van der Waals surface area contributed by atoms with Crippen molar-refractivity contribution in [3.05, 3.63) is 0 Å². The van der Waals surface area contributed by atoms with Gasteiger partial charge in [-0.3, -0.25) is 0 Å². The van der Waals surface area contributed by atoms with Gasteiger partial charge in [-0.2, -0.15) is 0 Å². The Hall–Kier alpha value is -0.0900. The van der Waals surface area contributed by atoms with Gasteiger partial charge in [0, 0.05) is 12.3 Å². The van der Waals surface area contributed by atoms with Gasteiger partial charge in [0.2, 0.25) is 0 Å². The van der Waals surface area contributed by atoms with Crippen molar-refractivity contribution >= 4 is 9.84 Å². The fourth-order valence-corrected chi connectivity index (χ4v) is 1.83. The summed E-state index contributed by atoms with van der Waals surface area (Å²) in [5.74, 6) is 0.238. The molecule has 3 nitrogen and oxygen atoms in total. The van der Waals surface area contributed by atoms with Crippen molar-refractivity contribution in [2.75, 3.05) is 18.8 Å². The second-order valence-corrected chi connectivity index (χ2v) is 5.67. The summed E-state index contributed by atoms with van der Waals surface area (Å²) in [6.07, 6.45) is 1.04. The van der Waals surface area contributed by atoms with Crippen LogP contribution in [0.15, 0.2) is 0 Å². The highest BCUT2D eigenvalue weighted by Crippen LogP contribution is 1.99. The second kappa shape index (κ2) is 5.54. The average molecular weight is 193 g/mol. The van der Waals surface area contributed by atoms with Crippen LogP contribution >= 0.6 is 0 Å². The molecule has 0 aliphatic carbocycles. The summed E-state index contributed by atoms with van der Waals surface area (Å²) in [5, 5.41) is 2.84. The van der Waals surface area contributed by atoms with Crippen molar-refractivity contribution in [1.29, 1.82) is 0 Å². The maximum Gasteiger partial charge on any atom is 0.153 e. The summed E-state index contributed by atoms with van der Waals surface area (Å²) in [6, 6.07) is 0. The van der Waals surface area contributed by atoms with E-state index in [0.717, 1.165) is 13.0 Å². The minimum Gasteiger partial charge on any atom is -0.315 e. The van der Waals surface area contributed by atoms with Gasteiger partial charge in [-0.05, 0) is 19.9 Å². The number of nitrogens with one attached hydrogen (secondary N) is 1. The van der Waals surface area contributed by atoms with Crippen LogP contribution in [-0.2, 0) is 9.84 Å². The van der Waals surface area contributed by atoms with Crippen molar-refractivity contribution in [1.82, 2.24) is 5.32 Å². The lowest BCUT2D eigenvalue weighted by Crippen LogP contribution is -2.32. The van der Waals surface area contributed by atoms with Gasteiger partial charge in [0.25, 0.3) is 0 Å². The second-order valence-electron chi connectivity index (χ2n) is 2.97. The first-order chi connectivity index (χ1) is 5.54. The Labute approximate surface area is 75.5 Å². The third-order valence-corrected chi connectivity index (χ3v) is 4.07. The van der Waals surface area contributed by atoms with Gasteiger partial charge >= 0.3 is 0 Å². The van der Waals surface area contributed by atoms with E-state index in [2.05, 4.69) is 12.2 Å². The molecule has 74 valence electrons. The molecule has 0 fully saturated rings. The summed E-state index contributed by atoms with van der Waals surface area (Å²) in [4.78, 5) is 0. The maximum atomic E-state index is 11.3. The molecule has 1 N–H and O–H groups in total. The minimum absolute atomic E-state index is 0.238. The first-order valence-corrected chi connectivity index (χ1v) is 6.18. The first-order valence-electron chi connectivity index (χ1n) is 4.46. The monoisotopic (exact) mass is 193 g/mol. The van der Waals surface area contributed by atoms with Crippen molar-refractivity contribution in [3.8, 4) is 0 Å². The number of hydrogen-bond donors (Lipinski definition) is 1. The van der Waals surface area contributed by atoms with Crippen LogP contribution in [-0.4, -0.2) is 32.5 Å². The lowest BCUT2D eigenvalue weighted by molar-refractivity contribution is 0.572. The molecule has 0 aromatic rings. The van der Waals surface area contributed by atoms with Gasteiger partial charge in [-0.15, -0.1) is 0 Å². The van der Waals surface area contributed by atoms with Crippen LogP contribution in [0, 0.1) is 0 Å². The predicted octanol–water partition coefficient (Wildman–Crippen LogP) is 0.809. The molecule has 1 atom stereocenters. The highest BCUT2D eigenvalue weighted by Gasteiger charge is 2.17. The SMILES string of the molecule is CCCNCC(C)S(=O)(=O)CC. The molecule has 0 aliphatic heterocycles. The minimum atomic E-state index is -2.84. The smallest absolute Gasteiger partial charge is 0.153 e. The van der Waals surface area contributed by atoms with Gasteiger partial charge in [0.15, 0.2) is 9.84 Å². The maximum absolute atomic E-state index is 11.3. The Bertz CT molecular complexity index is 199. The van der Waals surface area contributed by atoms with Gasteiger partial charge in [-0.1, -0.05) is 13.8 Å². The quantitative estimate of drug-likeness (QED) is 0.635. The lowest BCUT2D eigenvalue weighted by atomic mass is 10.4. The van der Waals surface area contributed by atoms with Crippen LogP contribution in [0.2, 0.25) is 0 Å². The molecule has 0 heterocycles. The lowest BCUT2D eigenvalue weighted by Gasteiger charge is -2.11. The summed E-state index contributed by atoms with van der Waals surface area (Å²) >= 11 is 0. The Kier molecular flexibility index (Phi) is 5.50. The van der Waals surface area contributed by atoms with E-state index < -0.39 is 9.84 Å². The number of hydrogen-bond acceptors (Lipinski definition) is 3. The molecule has 0 aromatic carbocycles. The molecule has 4 heteroatoms. The Morgan fingerprint density at radius 3 is 2.33 bits per heavy atom. The van der Waals surface area contributed by atoms with Crippen LogP contribution in [0.3, 0.4) is 0 Å². The van der Waals surface area contributed by atoms with Crippen LogP contribution in [0.25, 0.3) is 0 Å². The topological polar surface area (TPSA) is 46.2 Å². The largest absolute Gasteiger partial charge is 0.315 e. The molecular weight excluding hydrogens is 174 g/mol. The summed E-state index contributed by atoms with van der Waals surface area (Å²) in [6.45, 7) is 6.97. The van der Waals surface area contributed by atoms with Crippen LogP contribution in [0.1, 0.15) is 27.2 Å². The summed E-state index contributed by atoms with van der Waals surface area (Å²) < 4.78 is 22.5. The van der Waals surface area contributed by atoms with E-state index in [9.17, 15) is 8.42 Å². The zero-order valence-corrected chi connectivity index (χ0v) is 8.95. The fraction of sp³-hybridized carbons (Fsp3) is 1.00. The van der Waals surface area contributed by atoms with Crippen molar-refractivity contribution in [2.45, 2.75) is 32.4 Å². The van der Waals surface area contributed by atoms with Crippen molar-refractivity contribution in [3.63, 3.8) is 0 Å². The third kappa shape index (κ3) is 4.07. The van der Waals surface area contributed by atoms with Gasteiger partial charge in [0.05, 0.1) is 5.25 Å². The predicted molar refractivity (Wildman–Crippen MR) is 52.1 cm³/mol. The molecule has 0 saturated carbocycles. The normalized spacial score (nSPS) is 14.6. The molecule has 0 bridgehead atoms. The molecule has 0 amide bonds. The Balaban J connectivity index is 3.80. The molecule has 12 heavy (non-hydrogen) atoms. The van der Waals surface area contributed by atoms with Gasteiger partial charge in [0.1, 0.15) is 0 Å². The van der Waals surface area contributed by atoms with Gasteiger partial charge in [-0.25, -0.2) is 8.42 Å². The zero-order chi connectivity index (χ0) is 9.61. The van der Waals surface area contributed by atoms with E-state index in [1.807, 2.05) is 0 Å². The van der Waals surface area contributed by atoms with E-state index in [1.165, 1.54) is 0 Å². The van der Waals surface area contributed by atoms with Gasteiger partial charge < -0.3 is 5.32 Å². The summed E-state index contributed by atoms with van der Waals surface area (Å²) in [7, 11) is -2.84. The average Bonchev–Trinajstić information content (AvgIpc) is 2.05. The van der Waals surface area contributed by atoms with E-state index in [-0.39, 0.29) is 11.0 Å². The molecule has 0 saturated heterocycles. The van der Waals surface area contributed by atoms with Crippen molar-refractivity contribution in [2.24, 2.45) is 0 Å².